The van der Waals surface area contributed by atoms with E-state index in [2.05, 4.69) is 36.8 Å². The standard InChI is InChI=1S/C15H26N4/c1-15(2,3)13-5-7-19(8-6-13)11-14(16)12-9-17-18(4)10-12/h5,9-10,14H,6-8,11,16H2,1-4H3. The van der Waals surface area contributed by atoms with E-state index >= 15 is 0 Å². The highest BCUT2D eigenvalue weighted by Gasteiger charge is 2.22. The molecule has 0 saturated carbocycles. The van der Waals surface area contributed by atoms with Gasteiger partial charge in [-0.3, -0.25) is 9.58 Å². The van der Waals surface area contributed by atoms with Crippen LogP contribution in [0.4, 0.5) is 0 Å². The molecule has 0 fully saturated rings. The number of hydrogen-bond acceptors (Lipinski definition) is 3. The third-order valence-electron chi connectivity index (χ3n) is 3.86. The van der Waals surface area contributed by atoms with Crippen LogP contribution in [0.25, 0.3) is 0 Å². The van der Waals surface area contributed by atoms with Crippen LogP contribution in [0.15, 0.2) is 24.0 Å². The molecular formula is C15H26N4. The minimum absolute atomic E-state index is 0.0540. The van der Waals surface area contributed by atoms with Crippen molar-refractivity contribution in [3.63, 3.8) is 0 Å². The highest BCUT2D eigenvalue weighted by atomic mass is 15.2. The van der Waals surface area contributed by atoms with Crippen molar-refractivity contribution in [2.75, 3.05) is 19.6 Å². The van der Waals surface area contributed by atoms with E-state index in [-0.39, 0.29) is 6.04 Å². The molecule has 4 heteroatoms. The normalized spacial score (nSPS) is 19.3. The first-order valence-corrected chi connectivity index (χ1v) is 7.02. The molecule has 1 atom stereocenters. The zero-order chi connectivity index (χ0) is 14.0. The number of nitrogens with zero attached hydrogens (tertiary/aromatic N) is 3. The topological polar surface area (TPSA) is 47.1 Å². The molecule has 1 aliphatic heterocycles. The molecule has 0 aromatic carbocycles. The zero-order valence-corrected chi connectivity index (χ0v) is 12.6. The van der Waals surface area contributed by atoms with Crippen molar-refractivity contribution < 1.29 is 0 Å². The maximum Gasteiger partial charge on any atom is 0.0537 e. The average molecular weight is 262 g/mol. The maximum absolute atomic E-state index is 6.24. The molecule has 0 aliphatic carbocycles. The van der Waals surface area contributed by atoms with Crippen LogP contribution in [0.1, 0.15) is 38.8 Å². The van der Waals surface area contributed by atoms with Crippen molar-refractivity contribution in [3.05, 3.63) is 29.6 Å². The molecule has 1 aliphatic rings. The Balaban J connectivity index is 1.91. The first-order valence-electron chi connectivity index (χ1n) is 7.02. The van der Waals surface area contributed by atoms with Gasteiger partial charge in [0.05, 0.1) is 6.20 Å². The van der Waals surface area contributed by atoms with Crippen molar-refractivity contribution in [1.82, 2.24) is 14.7 Å². The minimum Gasteiger partial charge on any atom is -0.323 e. The lowest BCUT2D eigenvalue weighted by Gasteiger charge is -2.33. The van der Waals surface area contributed by atoms with Gasteiger partial charge >= 0.3 is 0 Å². The summed E-state index contributed by atoms with van der Waals surface area (Å²) in [5, 5.41) is 4.18. The van der Waals surface area contributed by atoms with Gasteiger partial charge in [0.2, 0.25) is 0 Å². The molecule has 1 aromatic rings. The molecule has 0 radical (unpaired) electrons. The molecule has 106 valence electrons. The fourth-order valence-corrected chi connectivity index (χ4v) is 2.57. The van der Waals surface area contributed by atoms with Crippen molar-refractivity contribution in [2.24, 2.45) is 18.2 Å². The Kier molecular flexibility index (Phi) is 4.11. The molecule has 19 heavy (non-hydrogen) atoms. The molecule has 1 unspecified atom stereocenters. The molecule has 0 spiro atoms. The van der Waals surface area contributed by atoms with Gasteiger partial charge in [-0.15, -0.1) is 0 Å². The van der Waals surface area contributed by atoms with E-state index in [0.717, 1.165) is 31.6 Å². The molecule has 1 aromatic heterocycles. The predicted molar refractivity (Wildman–Crippen MR) is 78.7 cm³/mol. The van der Waals surface area contributed by atoms with E-state index in [9.17, 15) is 0 Å². The first-order chi connectivity index (χ1) is 8.86. The van der Waals surface area contributed by atoms with Crippen molar-refractivity contribution >= 4 is 0 Å². The third kappa shape index (κ3) is 3.67. The van der Waals surface area contributed by atoms with Crippen LogP contribution in [-0.4, -0.2) is 34.3 Å². The quantitative estimate of drug-likeness (QED) is 0.849. The zero-order valence-electron chi connectivity index (χ0n) is 12.6. The second kappa shape index (κ2) is 5.47. The molecule has 0 saturated heterocycles. The maximum atomic E-state index is 6.24. The lowest BCUT2D eigenvalue weighted by molar-refractivity contribution is 0.263. The smallest absolute Gasteiger partial charge is 0.0537 e. The molecule has 2 rings (SSSR count). The Bertz CT molecular complexity index is 453. The van der Waals surface area contributed by atoms with Crippen LogP contribution in [0.5, 0.6) is 0 Å². The van der Waals surface area contributed by atoms with Crippen molar-refractivity contribution in [3.8, 4) is 0 Å². The summed E-state index contributed by atoms with van der Waals surface area (Å²) < 4.78 is 1.81. The molecule has 2 N–H and O–H groups in total. The Morgan fingerprint density at radius 3 is 2.63 bits per heavy atom. The lowest BCUT2D eigenvalue weighted by Crippen LogP contribution is -2.36. The van der Waals surface area contributed by atoms with Gasteiger partial charge in [0.15, 0.2) is 0 Å². The van der Waals surface area contributed by atoms with Crippen LogP contribution in [0.3, 0.4) is 0 Å². The van der Waals surface area contributed by atoms with E-state index in [4.69, 9.17) is 5.73 Å². The Morgan fingerprint density at radius 1 is 1.42 bits per heavy atom. The molecule has 4 nitrogen and oxygen atoms in total. The van der Waals surface area contributed by atoms with Crippen LogP contribution in [0, 0.1) is 5.41 Å². The highest BCUT2D eigenvalue weighted by molar-refractivity contribution is 5.15. The Morgan fingerprint density at radius 2 is 2.16 bits per heavy atom. The summed E-state index contributed by atoms with van der Waals surface area (Å²) in [7, 11) is 1.93. The fraction of sp³-hybridized carbons (Fsp3) is 0.667. The molecule has 0 amide bonds. The van der Waals surface area contributed by atoms with Crippen LogP contribution in [-0.2, 0) is 7.05 Å². The molecule has 2 heterocycles. The summed E-state index contributed by atoms with van der Waals surface area (Å²) in [5.41, 5.74) is 9.23. The Labute approximate surface area is 116 Å². The number of nitrogens with two attached hydrogens (primary N) is 1. The SMILES string of the molecule is Cn1cc(C(N)CN2CC=C(C(C)(C)C)CC2)cn1. The van der Waals surface area contributed by atoms with Gasteiger partial charge in [0.25, 0.3) is 0 Å². The second-order valence-corrected chi connectivity index (χ2v) is 6.54. The monoisotopic (exact) mass is 262 g/mol. The summed E-state index contributed by atoms with van der Waals surface area (Å²) in [6.45, 7) is 9.89. The number of rotatable bonds is 3. The van der Waals surface area contributed by atoms with Gasteiger partial charge in [0.1, 0.15) is 0 Å². The number of aromatic nitrogens is 2. The lowest BCUT2D eigenvalue weighted by atomic mass is 9.83. The summed E-state index contributed by atoms with van der Waals surface area (Å²) in [6, 6.07) is 0.0540. The summed E-state index contributed by atoms with van der Waals surface area (Å²) in [4.78, 5) is 2.42. The van der Waals surface area contributed by atoms with Gasteiger partial charge < -0.3 is 5.73 Å². The molecule has 0 bridgehead atoms. The van der Waals surface area contributed by atoms with Crippen LogP contribution in [0.2, 0.25) is 0 Å². The van der Waals surface area contributed by atoms with Gasteiger partial charge in [-0.2, -0.15) is 5.10 Å². The summed E-state index contributed by atoms with van der Waals surface area (Å²) in [6.07, 6.45) is 7.40. The van der Waals surface area contributed by atoms with E-state index in [0.29, 0.717) is 5.41 Å². The van der Waals surface area contributed by atoms with Gasteiger partial charge in [-0.05, 0) is 11.8 Å². The Hall–Kier alpha value is -1.13. The van der Waals surface area contributed by atoms with Gasteiger partial charge in [-0.1, -0.05) is 32.4 Å². The summed E-state index contributed by atoms with van der Waals surface area (Å²) >= 11 is 0. The number of hydrogen-bond donors (Lipinski definition) is 1. The first kappa shape index (κ1) is 14.3. The predicted octanol–water partition coefficient (Wildman–Crippen LogP) is 2.10. The average Bonchev–Trinajstić information content (AvgIpc) is 2.75. The fourth-order valence-electron chi connectivity index (χ4n) is 2.57. The van der Waals surface area contributed by atoms with Crippen LogP contribution >= 0.6 is 0 Å². The van der Waals surface area contributed by atoms with E-state index < -0.39 is 0 Å². The van der Waals surface area contributed by atoms with Crippen LogP contribution < -0.4 is 5.73 Å². The minimum atomic E-state index is 0.0540. The van der Waals surface area contributed by atoms with E-state index in [1.807, 2.05) is 24.1 Å². The van der Waals surface area contributed by atoms with Gasteiger partial charge in [-0.25, -0.2) is 0 Å². The van der Waals surface area contributed by atoms with E-state index in [1.165, 1.54) is 0 Å². The number of aryl methyl sites for hydroxylation is 1. The third-order valence-corrected chi connectivity index (χ3v) is 3.86. The van der Waals surface area contributed by atoms with Gasteiger partial charge in [0, 0.05) is 44.5 Å². The second-order valence-electron chi connectivity index (χ2n) is 6.54. The summed E-state index contributed by atoms with van der Waals surface area (Å²) in [5.74, 6) is 0. The largest absolute Gasteiger partial charge is 0.323 e. The van der Waals surface area contributed by atoms with Crippen molar-refractivity contribution in [1.29, 1.82) is 0 Å². The van der Waals surface area contributed by atoms with E-state index in [1.54, 1.807) is 5.57 Å². The highest BCUT2D eigenvalue weighted by Crippen LogP contribution is 2.30. The molecular weight excluding hydrogens is 236 g/mol. The van der Waals surface area contributed by atoms with Crippen molar-refractivity contribution in [2.45, 2.75) is 33.2 Å².